The summed E-state index contributed by atoms with van der Waals surface area (Å²) in [6.45, 7) is 4.34. The van der Waals surface area contributed by atoms with Crippen LogP contribution in [0.5, 0.6) is 0 Å². The number of rotatable bonds is 7. The zero-order valence-electron chi connectivity index (χ0n) is 12.4. The third-order valence-electron chi connectivity index (χ3n) is 3.53. The molecular weight excluding hydrogens is 268 g/mol. The van der Waals surface area contributed by atoms with E-state index < -0.39 is 0 Å². The molecule has 0 bridgehead atoms. The molecule has 1 aliphatic rings. The number of carbonyl (C=O) groups excluding carboxylic acids is 2. The molecule has 1 atom stereocenters. The van der Waals surface area contributed by atoms with E-state index in [1.807, 2.05) is 37.3 Å². The minimum Gasteiger partial charge on any atom is -0.382 e. The fourth-order valence-electron chi connectivity index (χ4n) is 2.42. The van der Waals surface area contributed by atoms with Crippen LogP contribution in [0.25, 0.3) is 0 Å². The van der Waals surface area contributed by atoms with Gasteiger partial charge in [0.15, 0.2) is 0 Å². The summed E-state index contributed by atoms with van der Waals surface area (Å²) in [5, 5.41) is 2.88. The second kappa shape index (κ2) is 7.78. The summed E-state index contributed by atoms with van der Waals surface area (Å²) in [5.41, 5.74) is 0.856. The van der Waals surface area contributed by atoms with Gasteiger partial charge in [0.05, 0.1) is 5.92 Å². The Bertz CT molecular complexity index is 476. The van der Waals surface area contributed by atoms with Crippen LogP contribution in [0.4, 0.5) is 5.69 Å². The fraction of sp³-hybridized carbons (Fsp3) is 0.500. The number of carbonyl (C=O) groups is 2. The van der Waals surface area contributed by atoms with Crippen molar-refractivity contribution in [2.24, 2.45) is 5.92 Å². The molecule has 0 radical (unpaired) electrons. The van der Waals surface area contributed by atoms with Crippen LogP contribution in [0.2, 0.25) is 0 Å². The summed E-state index contributed by atoms with van der Waals surface area (Å²) < 4.78 is 5.22. The van der Waals surface area contributed by atoms with Gasteiger partial charge in [0.2, 0.25) is 11.8 Å². The van der Waals surface area contributed by atoms with Crippen LogP contribution < -0.4 is 10.2 Å². The maximum Gasteiger partial charge on any atom is 0.227 e. The molecule has 21 heavy (non-hydrogen) atoms. The Morgan fingerprint density at radius 1 is 1.38 bits per heavy atom. The molecular formula is C16H22N2O3. The van der Waals surface area contributed by atoms with Crippen LogP contribution >= 0.6 is 0 Å². The summed E-state index contributed by atoms with van der Waals surface area (Å²) in [7, 11) is 0. The second-order valence-corrected chi connectivity index (χ2v) is 5.08. The van der Waals surface area contributed by atoms with Crippen molar-refractivity contribution < 1.29 is 14.3 Å². The quantitative estimate of drug-likeness (QED) is 0.776. The maximum atomic E-state index is 12.1. The lowest BCUT2D eigenvalue weighted by Gasteiger charge is -2.16. The lowest BCUT2D eigenvalue weighted by molar-refractivity contribution is -0.126. The standard InChI is InChI=1S/C16H22N2O3/c1-2-21-10-6-9-17-16(20)13-11-15(19)18(12-13)14-7-4-3-5-8-14/h3-5,7-8,13H,2,6,9-12H2,1H3,(H,17,20)/t13-/m0/s1. The van der Waals surface area contributed by atoms with Crippen molar-refractivity contribution in [3.05, 3.63) is 30.3 Å². The Labute approximate surface area is 125 Å². The highest BCUT2D eigenvalue weighted by atomic mass is 16.5. The van der Waals surface area contributed by atoms with Gasteiger partial charge in [-0.2, -0.15) is 0 Å². The van der Waals surface area contributed by atoms with Crippen molar-refractivity contribution in [2.75, 3.05) is 31.2 Å². The predicted molar refractivity (Wildman–Crippen MR) is 81.0 cm³/mol. The van der Waals surface area contributed by atoms with E-state index in [1.54, 1.807) is 4.90 Å². The van der Waals surface area contributed by atoms with Crippen LogP contribution in [0.1, 0.15) is 19.8 Å². The lowest BCUT2D eigenvalue weighted by Crippen LogP contribution is -2.33. The van der Waals surface area contributed by atoms with E-state index in [9.17, 15) is 9.59 Å². The zero-order valence-corrected chi connectivity index (χ0v) is 12.4. The first-order chi connectivity index (χ1) is 10.2. The molecule has 0 unspecified atom stereocenters. The zero-order chi connectivity index (χ0) is 15.1. The molecule has 5 heteroatoms. The normalized spacial score (nSPS) is 18.0. The van der Waals surface area contributed by atoms with Gasteiger partial charge in [0.1, 0.15) is 0 Å². The SMILES string of the molecule is CCOCCCNC(=O)[C@H]1CC(=O)N(c2ccccc2)C1. The molecule has 0 aliphatic carbocycles. The van der Waals surface area contributed by atoms with Crippen molar-refractivity contribution in [1.82, 2.24) is 5.32 Å². The maximum absolute atomic E-state index is 12.1. The number of nitrogens with one attached hydrogen (secondary N) is 1. The molecule has 1 fully saturated rings. The molecule has 2 rings (SSSR count). The van der Waals surface area contributed by atoms with E-state index in [2.05, 4.69) is 5.32 Å². The summed E-state index contributed by atoms with van der Waals surface area (Å²) in [5.74, 6) is -0.293. The number of anilines is 1. The average Bonchev–Trinajstić information content (AvgIpc) is 2.90. The molecule has 1 heterocycles. The molecule has 1 N–H and O–H groups in total. The Balaban J connectivity index is 1.80. The first-order valence-electron chi connectivity index (χ1n) is 7.43. The van der Waals surface area contributed by atoms with Gasteiger partial charge in [-0.3, -0.25) is 9.59 Å². The molecule has 1 aromatic rings. The Kier molecular flexibility index (Phi) is 5.75. The topological polar surface area (TPSA) is 58.6 Å². The first kappa shape index (κ1) is 15.5. The van der Waals surface area contributed by atoms with Crippen LogP contribution in [0.3, 0.4) is 0 Å². The van der Waals surface area contributed by atoms with Crippen LogP contribution in [0, 0.1) is 5.92 Å². The highest BCUT2D eigenvalue weighted by molar-refractivity contribution is 6.00. The largest absolute Gasteiger partial charge is 0.382 e. The monoisotopic (exact) mass is 290 g/mol. The molecule has 1 aliphatic heterocycles. The van der Waals surface area contributed by atoms with Crippen molar-refractivity contribution in [2.45, 2.75) is 19.8 Å². The number of amides is 2. The highest BCUT2D eigenvalue weighted by Gasteiger charge is 2.34. The average molecular weight is 290 g/mol. The van der Waals surface area contributed by atoms with Crippen molar-refractivity contribution in [3.63, 3.8) is 0 Å². The lowest BCUT2D eigenvalue weighted by atomic mass is 10.1. The van der Waals surface area contributed by atoms with Gasteiger partial charge >= 0.3 is 0 Å². The second-order valence-electron chi connectivity index (χ2n) is 5.08. The summed E-state index contributed by atoms with van der Waals surface area (Å²) >= 11 is 0. The van der Waals surface area contributed by atoms with Gasteiger partial charge in [-0.25, -0.2) is 0 Å². The number of benzene rings is 1. The van der Waals surface area contributed by atoms with E-state index in [0.29, 0.717) is 26.3 Å². The minimum atomic E-state index is -0.259. The molecule has 5 nitrogen and oxygen atoms in total. The third kappa shape index (κ3) is 4.29. The molecule has 0 aromatic heterocycles. The smallest absolute Gasteiger partial charge is 0.227 e. The molecule has 2 amide bonds. The third-order valence-corrected chi connectivity index (χ3v) is 3.53. The van der Waals surface area contributed by atoms with Gasteiger partial charge < -0.3 is 15.0 Å². The molecule has 1 saturated heterocycles. The first-order valence-corrected chi connectivity index (χ1v) is 7.43. The summed E-state index contributed by atoms with van der Waals surface area (Å²) in [4.78, 5) is 25.8. The van der Waals surface area contributed by atoms with Crippen molar-refractivity contribution >= 4 is 17.5 Å². The number of hydrogen-bond donors (Lipinski definition) is 1. The Hall–Kier alpha value is -1.88. The van der Waals surface area contributed by atoms with Crippen LogP contribution in [-0.4, -0.2) is 38.1 Å². The van der Waals surface area contributed by atoms with Gasteiger partial charge in [0.25, 0.3) is 0 Å². The van der Waals surface area contributed by atoms with E-state index in [-0.39, 0.29) is 24.2 Å². The number of para-hydroxylation sites is 1. The predicted octanol–water partition coefficient (Wildman–Crippen LogP) is 1.58. The van der Waals surface area contributed by atoms with Crippen molar-refractivity contribution in [3.8, 4) is 0 Å². The van der Waals surface area contributed by atoms with Gasteiger partial charge in [-0.1, -0.05) is 18.2 Å². The Morgan fingerprint density at radius 3 is 2.86 bits per heavy atom. The van der Waals surface area contributed by atoms with Crippen LogP contribution in [0.15, 0.2) is 30.3 Å². The van der Waals surface area contributed by atoms with Gasteiger partial charge in [-0.15, -0.1) is 0 Å². The molecule has 0 saturated carbocycles. The van der Waals surface area contributed by atoms with E-state index >= 15 is 0 Å². The summed E-state index contributed by atoms with van der Waals surface area (Å²) in [6, 6.07) is 9.47. The molecule has 0 spiro atoms. The van der Waals surface area contributed by atoms with Gasteiger partial charge in [-0.05, 0) is 25.5 Å². The van der Waals surface area contributed by atoms with Gasteiger partial charge in [0, 0.05) is 38.4 Å². The molecule has 1 aromatic carbocycles. The summed E-state index contributed by atoms with van der Waals surface area (Å²) in [6.07, 6.45) is 1.08. The number of nitrogens with zero attached hydrogens (tertiary/aromatic N) is 1. The fourth-order valence-corrected chi connectivity index (χ4v) is 2.42. The van der Waals surface area contributed by atoms with Crippen molar-refractivity contribution in [1.29, 1.82) is 0 Å². The van der Waals surface area contributed by atoms with E-state index in [0.717, 1.165) is 12.1 Å². The van der Waals surface area contributed by atoms with E-state index in [4.69, 9.17) is 4.74 Å². The highest BCUT2D eigenvalue weighted by Crippen LogP contribution is 2.24. The van der Waals surface area contributed by atoms with E-state index in [1.165, 1.54) is 0 Å². The molecule has 114 valence electrons. The number of ether oxygens (including phenoxy) is 1. The Morgan fingerprint density at radius 2 is 2.14 bits per heavy atom. The number of hydrogen-bond acceptors (Lipinski definition) is 3. The van der Waals surface area contributed by atoms with Crippen LogP contribution in [-0.2, 0) is 14.3 Å². The minimum absolute atomic E-state index is 0.00988.